The lowest BCUT2D eigenvalue weighted by molar-refractivity contribution is -0.132. The zero-order valence-corrected chi connectivity index (χ0v) is 7.76. The third kappa shape index (κ3) is 1.12. The predicted molar refractivity (Wildman–Crippen MR) is 46.8 cm³/mol. The topological polar surface area (TPSA) is 32.3 Å². The molecular formula is C9H16N2O. The molecule has 0 saturated carbocycles. The van der Waals surface area contributed by atoms with Gasteiger partial charge in [-0.3, -0.25) is 9.69 Å². The van der Waals surface area contributed by atoms with Crippen LogP contribution in [0.5, 0.6) is 0 Å². The van der Waals surface area contributed by atoms with Gasteiger partial charge in [0.1, 0.15) is 0 Å². The summed E-state index contributed by atoms with van der Waals surface area (Å²) in [6.45, 7) is 6.60. The van der Waals surface area contributed by atoms with E-state index in [9.17, 15) is 4.79 Å². The van der Waals surface area contributed by atoms with Gasteiger partial charge in [-0.05, 0) is 20.3 Å². The van der Waals surface area contributed by atoms with Crippen molar-refractivity contribution in [3.05, 3.63) is 0 Å². The Balaban J connectivity index is 1.94. The van der Waals surface area contributed by atoms with Gasteiger partial charge in [0.25, 0.3) is 0 Å². The number of amides is 1. The summed E-state index contributed by atoms with van der Waals surface area (Å²) in [5.41, 5.74) is 0.168. The number of carbonyl (C=O) groups is 1. The number of carbonyl (C=O) groups excluding carboxylic acids is 1. The van der Waals surface area contributed by atoms with Crippen LogP contribution in [0.2, 0.25) is 0 Å². The highest BCUT2D eigenvalue weighted by Crippen LogP contribution is 2.31. The quantitative estimate of drug-likeness (QED) is 0.573. The average molecular weight is 168 g/mol. The predicted octanol–water partition coefficient (Wildman–Crippen LogP) is 0.359. The molecule has 3 nitrogen and oxygen atoms in total. The molecule has 1 spiro atoms. The fourth-order valence-corrected chi connectivity index (χ4v) is 2.18. The van der Waals surface area contributed by atoms with E-state index in [2.05, 4.69) is 24.1 Å². The Hall–Kier alpha value is -0.570. The molecule has 0 aromatic heterocycles. The third-order valence-electron chi connectivity index (χ3n) is 3.02. The molecule has 0 unspecified atom stereocenters. The number of nitrogens with zero attached hydrogens (tertiary/aromatic N) is 1. The average Bonchev–Trinajstić information content (AvgIpc) is 2.31. The van der Waals surface area contributed by atoms with Crippen LogP contribution in [0.4, 0.5) is 0 Å². The Bertz CT molecular complexity index is 205. The van der Waals surface area contributed by atoms with Crippen molar-refractivity contribution < 1.29 is 4.79 Å². The maximum Gasteiger partial charge on any atom is 0.222 e. The smallest absolute Gasteiger partial charge is 0.222 e. The number of hydrogen-bond acceptors (Lipinski definition) is 2. The van der Waals surface area contributed by atoms with Crippen molar-refractivity contribution in [3.8, 4) is 0 Å². The monoisotopic (exact) mass is 168 g/mol. The van der Waals surface area contributed by atoms with Gasteiger partial charge in [0, 0.05) is 19.1 Å². The number of nitrogens with one attached hydrogen (secondary N) is 1. The molecule has 0 aromatic carbocycles. The van der Waals surface area contributed by atoms with Gasteiger partial charge >= 0.3 is 0 Å². The second-order valence-corrected chi connectivity index (χ2v) is 4.32. The van der Waals surface area contributed by atoms with Gasteiger partial charge in [-0.15, -0.1) is 0 Å². The Labute approximate surface area is 73.1 Å². The number of β-lactam (4-membered cyclic amide) rings is 1. The molecule has 12 heavy (non-hydrogen) atoms. The molecule has 1 amide bonds. The van der Waals surface area contributed by atoms with Crippen molar-refractivity contribution in [2.24, 2.45) is 0 Å². The van der Waals surface area contributed by atoms with Crippen molar-refractivity contribution in [2.45, 2.75) is 38.3 Å². The molecule has 1 atom stereocenters. The van der Waals surface area contributed by atoms with Gasteiger partial charge in [0.15, 0.2) is 0 Å². The van der Waals surface area contributed by atoms with Crippen molar-refractivity contribution in [3.63, 3.8) is 0 Å². The summed E-state index contributed by atoms with van der Waals surface area (Å²) in [7, 11) is 0. The van der Waals surface area contributed by atoms with Gasteiger partial charge in [-0.2, -0.15) is 0 Å². The maximum absolute atomic E-state index is 10.8. The highest BCUT2D eigenvalue weighted by molar-refractivity contribution is 5.85. The molecule has 2 heterocycles. The highest BCUT2D eigenvalue weighted by atomic mass is 16.2. The van der Waals surface area contributed by atoms with Gasteiger partial charge in [0.05, 0.1) is 12.0 Å². The Morgan fingerprint density at radius 2 is 2.25 bits per heavy atom. The molecular weight excluding hydrogens is 152 g/mol. The fourth-order valence-electron chi connectivity index (χ4n) is 2.18. The van der Waals surface area contributed by atoms with E-state index in [1.54, 1.807) is 0 Å². The van der Waals surface area contributed by atoms with Crippen LogP contribution >= 0.6 is 0 Å². The van der Waals surface area contributed by atoms with E-state index in [1.165, 1.54) is 0 Å². The summed E-state index contributed by atoms with van der Waals surface area (Å²) in [5.74, 6) is 0.223. The van der Waals surface area contributed by atoms with Crippen molar-refractivity contribution >= 4 is 5.91 Å². The highest BCUT2D eigenvalue weighted by Gasteiger charge is 2.47. The first-order valence-electron chi connectivity index (χ1n) is 4.66. The van der Waals surface area contributed by atoms with E-state index in [0.29, 0.717) is 6.04 Å². The minimum Gasteiger partial charge on any atom is -0.349 e. The molecule has 3 heteroatoms. The van der Waals surface area contributed by atoms with E-state index in [4.69, 9.17) is 0 Å². The summed E-state index contributed by atoms with van der Waals surface area (Å²) in [5, 5.41) is 3.02. The lowest BCUT2D eigenvalue weighted by atomic mass is 9.86. The zero-order valence-electron chi connectivity index (χ0n) is 7.76. The molecule has 2 rings (SSSR count). The van der Waals surface area contributed by atoms with Crippen LogP contribution in [-0.4, -0.2) is 35.5 Å². The van der Waals surface area contributed by atoms with Crippen molar-refractivity contribution in [1.82, 2.24) is 10.2 Å². The summed E-state index contributed by atoms with van der Waals surface area (Å²) in [6.07, 6.45) is 1.88. The van der Waals surface area contributed by atoms with Crippen molar-refractivity contribution in [2.75, 3.05) is 13.1 Å². The molecule has 0 bridgehead atoms. The van der Waals surface area contributed by atoms with Crippen LogP contribution in [-0.2, 0) is 4.79 Å². The first-order chi connectivity index (χ1) is 5.61. The van der Waals surface area contributed by atoms with Gasteiger partial charge in [-0.1, -0.05) is 0 Å². The molecule has 2 saturated heterocycles. The van der Waals surface area contributed by atoms with Crippen LogP contribution in [0.3, 0.4) is 0 Å². The van der Waals surface area contributed by atoms with Crippen LogP contribution < -0.4 is 5.32 Å². The second kappa shape index (κ2) is 2.46. The fraction of sp³-hybridized carbons (Fsp3) is 0.889. The number of rotatable bonds is 1. The second-order valence-electron chi connectivity index (χ2n) is 4.32. The van der Waals surface area contributed by atoms with E-state index < -0.39 is 0 Å². The van der Waals surface area contributed by atoms with Gasteiger partial charge in [0.2, 0.25) is 5.91 Å². The first kappa shape index (κ1) is 8.05. The molecule has 0 aromatic rings. The lowest BCUT2D eigenvalue weighted by Gasteiger charge is -2.39. The molecule has 68 valence electrons. The minimum absolute atomic E-state index is 0.168. The molecule has 2 fully saturated rings. The van der Waals surface area contributed by atoms with E-state index in [1.807, 2.05) is 0 Å². The molecule has 2 aliphatic rings. The Kier molecular flexibility index (Phi) is 1.65. The largest absolute Gasteiger partial charge is 0.349 e. The summed E-state index contributed by atoms with van der Waals surface area (Å²) in [6, 6.07) is 0.613. The minimum atomic E-state index is 0.168. The maximum atomic E-state index is 10.8. The van der Waals surface area contributed by atoms with Crippen LogP contribution in [0, 0.1) is 0 Å². The number of hydrogen-bond donors (Lipinski definition) is 1. The Morgan fingerprint density at radius 3 is 2.67 bits per heavy atom. The summed E-state index contributed by atoms with van der Waals surface area (Å²) >= 11 is 0. The first-order valence-corrected chi connectivity index (χ1v) is 4.66. The normalized spacial score (nSPS) is 35.8. The Morgan fingerprint density at radius 1 is 1.58 bits per heavy atom. The zero-order chi connectivity index (χ0) is 8.77. The lowest BCUT2D eigenvalue weighted by Crippen LogP contribution is -2.62. The van der Waals surface area contributed by atoms with E-state index in [-0.39, 0.29) is 11.4 Å². The van der Waals surface area contributed by atoms with Crippen LogP contribution in [0.25, 0.3) is 0 Å². The summed E-state index contributed by atoms with van der Waals surface area (Å²) < 4.78 is 0. The standard InChI is InChI=1S/C9H16N2O/c1-7(2)11-4-3-9(6-11)5-8(12)10-9/h7H,3-6H2,1-2H3,(H,10,12)/t9-/m1/s1. The summed E-state index contributed by atoms with van der Waals surface area (Å²) in [4.78, 5) is 13.2. The van der Waals surface area contributed by atoms with Crippen LogP contribution in [0.15, 0.2) is 0 Å². The van der Waals surface area contributed by atoms with Crippen molar-refractivity contribution in [1.29, 1.82) is 0 Å². The van der Waals surface area contributed by atoms with E-state index in [0.717, 1.165) is 25.9 Å². The van der Waals surface area contributed by atoms with Gasteiger partial charge < -0.3 is 5.32 Å². The van der Waals surface area contributed by atoms with E-state index >= 15 is 0 Å². The number of likely N-dealkylation sites (tertiary alicyclic amines) is 1. The molecule has 1 N–H and O–H groups in total. The van der Waals surface area contributed by atoms with Crippen LogP contribution in [0.1, 0.15) is 26.7 Å². The SMILES string of the molecule is CC(C)N1CC[C@@]2(CC(=O)N2)C1. The molecule has 0 radical (unpaired) electrons. The third-order valence-corrected chi connectivity index (χ3v) is 3.02. The van der Waals surface area contributed by atoms with Gasteiger partial charge in [-0.25, -0.2) is 0 Å². The molecule has 2 aliphatic heterocycles. The molecule has 0 aliphatic carbocycles.